The van der Waals surface area contributed by atoms with E-state index in [1.807, 2.05) is 25.1 Å². The quantitative estimate of drug-likeness (QED) is 0.624. The van der Waals surface area contributed by atoms with Crippen molar-refractivity contribution in [3.63, 3.8) is 0 Å². The van der Waals surface area contributed by atoms with Crippen LogP contribution >= 0.6 is 0 Å². The molecule has 1 fully saturated rings. The van der Waals surface area contributed by atoms with Crippen LogP contribution in [0.15, 0.2) is 36.4 Å². The Morgan fingerprint density at radius 1 is 1.30 bits per heavy atom. The zero-order valence-electron chi connectivity index (χ0n) is 14.0. The van der Waals surface area contributed by atoms with Crippen molar-refractivity contribution < 1.29 is 14.6 Å². The molecule has 2 aliphatic rings. The zero-order valence-corrected chi connectivity index (χ0v) is 14.0. The molecule has 1 aromatic rings. The highest BCUT2D eigenvalue weighted by molar-refractivity contribution is 5.85. The van der Waals surface area contributed by atoms with Crippen molar-refractivity contribution in [3.05, 3.63) is 47.6 Å². The summed E-state index contributed by atoms with van der Waals surface area (Å²) >= 11 is 0. The Balaban J connectivity index is 0.000000223. The number of allylic oxidation sites excluding steroid dienone is 2. The molecule has 0 saturated heterocycles. The molecule has 2 unspecified atom stereocenters. The molecule has 0 radical (unpaired) electrons. The number of aryl methyl sites for hydroxylation is 1. The molecule has 3 heteroatoms. The molecule has 0 heterocycles. The van der Waals surface area contributed by atoms with Crippen molar-refractivity contribution >= 4 is 12.0 Å². The fraction of sp³-hybridized carbons (Fsp3) is 0.450. The molecule has 1 N–H and O–H groups in total. The molecule has 0 aromatic heterocycles. The maximum Gasteiger partial charge on any atom is 0.328 e. The van der Waals surface area contributed by atoms with E-state index in [4.69, 9.17) is 9.84 Å². The number of carboxylic acid groups (broad SMARTS) is 1. The van der Waals surface area contributed by atoms with Gasteiger partial charge in [0.05, 0.1) is 6.61 Å². The largest absolute Gasteiger partial charge is 0.494 e. The second-order valence-corrected chi connectivity index (χ2v) is 6.26. The lowest BCUT2D eigenvalue weighted by molar-refractivity contribution is -0.131. The van der Waals surface area contributed by atoms with E-state index in [1.54, 1.807) is 6.08 Å². The second kappa shape index (κ2) is 8.56. The fourth-order valence-corrected chi connectivity index (χ4v) is 3.02. The second-order valence-electron chi connectivity index (χ2n) is 6.26. The molecule has 124 valence electrons. The van der Waals surface area contributed by atoms with Crippen LogP contribution < -0.4 is 4.74 Å². The van der Waals surface area contributed by atoms with Crippen LogP contribution in [0, 0.1) is 18.8 Å². The Kier molecular flexibility index (Phi) is 6.45. The Hall–Kier alpha value is -2.03. The van der Waals surface area contributed by atoms with Gasteiger partial charge in [-0.1, -0.05) is 25.1 Å². The van der Waals surface area contributed by atoms with E-state index >= 15 is 0 Å². The molecule has 2 aliphatic carbocycles. The van der Waals surface area contributed by atoms with E-state index in [9.17, 15) is 4.79 Å². The lowest BCUT2D eigenvalue weighted by Crippen LogP contribution is -1.95. The van der Waals surface area contributed by atoms with Crippen LogP contribution in [0.4, 0.5) is 0 Å². The predicted octanol–water partition coefficient (Wildman–Crippen LogP) is 4.85. The fourth-order valence-electron chi connectivity index (χ4n) is 3.02. The molecule has 0 amide bonds. The van der Waals surface area contributed by atoms with E-state index in [2.05, 4.69) is 19.1 Å². The van der Waals surface area contributed by atoms with E-state index < -0.39 is 5.97 Å². The molecule has 2 bridgehead atoms. The van der Waals surface area contributed by atoms with Gasteiger partial charge in [-0.3, -0.25) is 0 Å². The molecule has 1 saturated carbocycles. The number of rotatable bonds is 5. The summed E-state index contributed by atoms with van der Waals surface area (Å²) in [7, 11) is 0. The summed E-state index contributed by atoms with van der Waals surface area (Å²) in [4.78, 5) is 10.4. The van der Waals surface area contributed by atoms with Crippen LogP contribution in [0.5, 0.6) is 5.75 Å². The minimum absolute atomic E-state index is 0.698. The highest BCUT2D eigenvalue weighted by Gasteiger charge is 2.25. The summed E-state index contributed by atoms with van der Waals surface area (Å²) in [6.45, 7) is 4.68. The summed E-state index contributed by atoms with van der Waals surface area (Å²) in [6, 6.07) is 5.63. The van der Waals surface area contributed by atoms with Crippen LogP contribution in [0.1, 0.15) is 43.7 Å². The summed E-state index contributed by atoms with van der Waals surface area (Å²) in [5, 5.41) is 8.52. The first-order valence-electron chi connectivity index (χ1n) is 8.41. The lowest BCUT2D eigenvalue weighted by Gasteiger charge is -2.07. The van der Waals surface area contributed by atoms with Gasteiger partial charge in [-0.15, -0.1) is 0 Å². The van der Waals surface area contributed by atoms with Crippen LogP contribution in [0.3, 0.4) is 0 Å². The molecule has 0 spiro atoms. The maximum absolute atomic E-state index is 10.4. The average Bonchev–Trinajstić information content (AvgIpc) is 3.18. The third-order valence-corrected chi connectivity index (χ3v) is 4.29. The molecule has 23 heavy (non-hydrogen) atoms. The topological polar surface area (TPSA) is 46.5 Å². The molecule has 3 nitrogen and oxygen atoms in total. The van der Waals surface area contributed by atoms with Gasteiger partial charge in [0.15, 0.2) is 0 Å². The Morgan fingerprint density at radius 2 is 2.00 bits per heavy atom. The van der Waals surface area contributed by atoms with Gasteiger partial charge < -0.3 is 9.84 Å². The molecular formula is C20H26O3. The molecule has 3 rings (SSSR count). The van der Waals surface area contributed by atoms with Crippen molar-refractivity contribution in [2.45, 2.75) is 39.5 Å². The summed E-state index contributed by atoms with van der Waals surface area (Å²) < 4.78 is 5.48. The third kappa shape index (κ3) is 5.59. The van der Waals surface area contributed by atoms with Crippen molar-refractivity contribution in [1.29, 1.82) is 0 Å². The summed E-state index contributed by atoms with van der Waals surface area (Å²) in [5.41, 5.74) is 1.90. The van der Waals surface area contributed by atoms with Crippen molar-refractivity contribution in [2.24, 2.45) is 11.8 Å². The number of hydrogen-bond acceptors (Lipinski definition) is 2. The number of hydrogen-bond donors (Lipinski definition) is 1. The number of benzene rings is 1. The van der Waals surface area contributed by atoms with Gasteiger partial charge >= 0.3 is 5.97 Å². The van der Waals surface area contributed by atoms with Gasteiger partial charge in [0.1, 0.15) is 5.75 Å². The predicted molar refractivity (Wildman–Crippen MR) is 93.6 cm³/mol. The monoisotopic (exact) mass is 314 g/mol. The maximum atomic E-state index is 10.4. The van der Waals surface area contributed by atoms with Crippen LogP contribution in [0.25, 0.3) is 6.08 Å². The van der Waals surface area contributed by atoms with Gasteiger partial charge in [0.2, 0.25) is 0 Å². The van der Waals surface area contributed by atoms with Gasteiger partial charge in [0, 0.05) is 6.08 Å². The first-order chi connectivity index (χ1) is 11.1. The van der Waals surface area contributed by atoms with Crippen LogP contribution in [-0.4, -0.2) is 17.7 Å². The Labute approximate surface area is 138 Å². The number of ether oxygens (including phenoxy) is 1. The van der Waals surface area contributed by atoms with E-state index in [-0.39, 0.29) is 0 Å². The number of carboxylic acids is 1. The molecule has 0 aliphatic heterocycles. The average molecular weight is 314 g/mol. The molecule has 2 atom stereocenters. The smallest absolute Gasteiger partial charge is 0.328 e. The first-order valence-corrected chi connectivity index (χ1v) is 8.41. The Morgan fingerprint density at radius 3 is 2.43 bits per heavy atom. The van der Waals surface area contributed by atoms with E-state index in [1.165, 1.54) is 19.3 Å². The van der Waals surface area contributed by atoms with E-state index in [0.29, 0.717) is 6.61 Å². The van der Waals surface area contributed by atoms with Gasteiger partial charge in [0.25, 0.3) is 0 Å². The van der Waals surface area contributed by atoms with Crippen molar-refractivity contribution in [2.75, 3.05) is 6.61 Å². The minimum atomic E-state index is -0.939. The van der Waals surface area contributed by atoms with Gasteiger partial charge in [-0.25, -0.2) is 4.79 Å². The number of carbonyl (C=O) groups is 1. The van der Waals surface area contributed by atoms with Crippen LogP contribution in [-0.2, 0) is 4.79 Å². The van der Waals surface area contributed by atoms with E-state index in [0.717, 1.165) is 41.2 Å². The standard InChI is InChI=1S/C13H16O3.C7H10/c1-3-8-16-12-6-4-11(10(2)9-12)5-7-13(14)15;1-2-7-4-3-6(1)5-7/h4-7,9H,3,8H2,1-2H3,(H,14,15);1-2,6-7H,3-5H2. The third-order valence-electron chi connectivity index (χ3n) is 4.29. The highest BCUT2D eigenvalue weighted by Crippen LogP contribution is 2.38. The first kappa shape index (κ1) is 17.3. The molecule has 1 aromatic carbocycles. The summed E-state index contributed by atoms with van der Waals surface area (Å²) in [6.07, 6.45) is 12.9. The molecular weight excluding hydrogens is 288 g/mol. The normalized spacial score (nSPS) is 21.3. The lowest BCUT2D eigenvalue weighted by atomic mass is 10.1. The number of fused-ring (bicyclic) bond motifs is 2. The summed E-state index contributed by atoms with van der Waals surface area (Å²) in [5.74, 6) is 1.87. The van der Waals surface area contributed by atoms with Gasteiger partial charge in [-0.2, -0.15) is 0 Å². The van der Waals surface area contributed by atoms with Crippen LogP contribution in [0.2, 0.25) is 0 Å². The SMILES string of the molecule is C1=CC2CCC1C2.CCCOc1ccc(C=CC(=O)O)c(C)c1. The number of aliphatic carboxylic acids is 1. The Bertz CT molecular complexity index is 575. The van der Waals surface area contributed by atoms with Crippen molar-refractivity contribution in [1.82, 2.24) is 0 Å². The minimum Gasteiger partial charge on any atom is -0.494 e. The highest BCUT2D eigenvalue weighted by atomic mass is 16.5. The van der Waals surface area contributed by atoms with Gasteiger partial charge in [-0.05, 0) is 73.8 Å². The zero-order chi connectivity index (χ0) is 16.7. The van der Waals surface area contributed by atoms with Crippen molar-refractivity contribution in [3.8, 4) is 5.75 Å².